The van der Waals surface area contributed by atoms with Crippen LogP contribution in [-0.2, 0) is 10.2 Å². The van der Waals surface area contributed by atoms with Gasteiger partial charge in [-0.2, -0.15) is 0 Å². The van der Waals surface area contributed by atoms with Gasteiger partial charge >= 0.3 is 0 Å². The molecule has 0 heterocycles. The molecule has 1 unspecified atom stereocenters. The first-order valence-electron chi connectivity index (χ1n) is 10.8. The average Bonchev–Trinajstić information content (AvgIpc) is 3.23. The number of phenolic OH excluding ortho intramolecular Hbond substituents is 1. The second-order valence-electron chi connectivity index (χ2n) is 9.45. The van der Waals surface area contributed by atoms with Gasteiger partial charge in [-0.3, -0.25) is 4.79 Å². The van der Waals surface area contributed by atoms with E-state index in [1.807, 2.05) is 6.07 Å². The standard InChI is InChI=1S/C25H31Cl2NO3/c1-14-12-19(26)22(21(27)23(14)29)28-24(30)15(2)31-20-11-10-17(25(3,4)5)13-18(20)16-8-6-7-9-16/h10-13,15-16,29H,6-9H2,1-5H3,(H,28,30). The third kappa shape index (κ3) is 5.30. The maximum absolute atomic E-state index is 12.8. The van der Waals surface area contributed by atoms with Gasteiger partial charge in [0.2, 0.25) is 0 Å². The molecule has 4 nitrogen and oxygen atoms in total. The van der Waals surface area contributed by atoms with E-state index >= 15 is 0 Å². The van der Waals surface area contributed by atoms with Gasteiger partial charge in [-0.15, -0.1) is 0 Å². The molecule has 3 rings (SSSR count). The molecule has 0 bridgehead atoms. The second kappa shape index (κ2) is 9.30. The normalized spacial score (nSPS) is 15.7. The molecular weight excluding hydrogens is 433 g/mol. The number of nitrogens with one attached hydrogen (secondary N) is 1. The van der Waals surface area contributed by atoms with Crippen molar-refractivity contribution in [2.75, 3.05) is 5.32 Å². The Kier molecular flexibility index (Phi) is 7.12. The van der Waals surface area contributed by atoms with Crippen LogP contribution in [0.25, 0.3) is 0 Å². The Morgan fingerprint density at radius 3 is 2.45 bits per heavy atom. The molecule has 6 heteroatoms. The van der Waals surface area contributed by atoms with E-state index in [1.165, 1.54) is 24.0 Å². The largest absolute Gasteiger partial charge is 0.506 e. The number of ether oxygens (including phenoxy) is 1. The fourth-order valence-corrected chi connectivity index (χ4v) is 4.64. The molecule has 0 radical (unpaired) electrons. The lowest BCUT2D eigenvalue weighted by molar-refractivity contribution is -0.122. The van der Waals surface area contributed by atoms with Crippen molar-refractivity contribution >= 4 is 34.8 Å². The zero-order valence-corrected chi connectivity index (χ0v) is 20.3. The molecule has 1 amide bonds. The summed E-state index contributed by atoms with van der Waals surface area (Å²) in [5, 5.41) is 13.1. The molecule has 1 aliphatic carbocycles. The summed E-state index contributed by atoms with van der Waals surface area (Å²) in [6, 6.07) is 7.86. The third-order valence-corrected chi connectivity index (χ3v) is 6.64. The number of anilines is 1. The van der Waals surface area contributed by atoms with Gasteiger partial charge in [0.15, 0.2) is 6.10 Å². The van der Waals surface area contributed by atoms with Crippen LogP contribution in [0, 0.1) is 6.92 Å². The van der Waals surface area contributed by atoms with E-state index in [2.05, 4.69) is 38.2 Å². The Balaban J connectivity index is 1.83. The SMILES string of the molecule is Cc1cc(Cl)c(NC(=O)C(C)Oc2ccc(C(C)(C)C)cc2C2CCCC2)c(Cl)c1O. The number of amides is 1. The topological polar surface area (TPSA) is 58.6 Å². The highest BCUT2D eigenvalue weighted by Gasteiger charge is 2.26. The van der Waals surface area contributed by atoms with Crippen molar-refractivity contribution < 1.29 is 14.6 Å². The Hall–Kier alpha value is -1.91. The van der Waals surface area contributed by atoms with Crippen LogP contribution in [0.15, 0.2) is 24.3 Å². The predicted molar refractivity (Wildman–Crippen MR) is 128 cm³/mol. The summed E-state index contributed by atoms with van der Waals surface area (Å²) in [4.78, 5) is 12.8. The highest BCUT2D eigenvalue weighted by atomic mass is 35.5. The van der Waals surface area contributed by atoms with Crippen LogP contribution in [-0.4, -0.2) is 17.1 Å². The lowest BCUT2D eigenvalue weighted by Gasteiger charge is -2.25. The van der Waals surface area contributed by atoms with Crippen molar-refractivity contribution in [1.29, 1.82) is 0 Å². The second-order valence-corrected chi connectivity index (χ2v) is 10.2. The van der Waals surface area contributed by atoms with Gasteiger partial charge < -0.3 is 15.2 Å². The van der Waals surface area contributed by atoms with Crippen LogP contribution in [0.3, 0.4) is 0 Å². The number of rotatable bonds is 5. The highest BCUT2D eigenvalue weighted by Crippen LogP contribution is 2.42. The smallest absolute Gasteiger partial charge is 0.265 e. The number of carbonyl (C=O) groups is 1. The summed E-state index contributed by atoms with van der Waals surface area (Å²) in [6.07, 6.45) is 3.94. The first-order chi connectivity index (χ1) is 14.5. The van der Waals surface area contributed by atoms with Crippen LogP contribution in [0.4, 0.5) is 5.69 Å². The Morgan fingerprint density at radius 1 is 1.19 bits per heavy atom. The van der Waals surface area contributed by atoms with Gasteiger partial charge in [0.05, 0.1) is 10.7 Å². The van der Waals surface area contributed by atoms with Gasteiger partial charge in [0.1, 0.15) is 16.5 Å². The lowest BCUT2D eigenvalue weighted by Crippen LogP contribution is -2.31. The minimum absolute atomic E-state index is 0.0201. The minimum atomic E-state index is -0.767. The van der Waals surface area contributed by atoms with Crippen LogP contribution >= 0.6 is 23.2 Å². The monoisotopic (exact) mass is 463 g/mol. The van der Waals surface area contributed by atoms with E-state index in [0.717, 1.165) is 18.6 Å². The van der Waals surface area contributed by atoms with Crippen LogP contribution in [0.5, 0.6) is 11.5 Å². The molecule has 1 aliphatic rings. The van der Waals surface area contributed by atoms with E-state index in [9.17, 15) is 9.90 Å². The van der Waals surface area contributed by atoms with Crippen molar-refractivity contribution in [3.63, 3.8) is 0 Å². The molecule has 2 N–H and O–H groups in total. The summed E-state index contributed by atoms with van der Waals surface area (Å²) in [6.45, 7) is 9.98. The molecule has 1 saturated carbocycles. The van der Waals surface area contributed by atoms with Crippen molar-refractivity contribution in [2.24, 2.45) is 0 Å². The van der Waals surface area contributed by atoms with Crippen LogP contribution < -0.4 is 10.1 Å². The van der Waals surface area contributed by atoms with Crippen molar-refractivity contribution in [3.05, 3.63) is 51.0 Å². The third-order valence-electron chi connectivity index (χ3n) is 5.97. The fraction of sp³-hybridized carbons (Fsp3) is 0.480. The molecular formula is C25H31Cl2NO3. The Morgan fingerprint density at radius 2 is 1.84 bits per heavy atom. The van der Waals surface area contributed by atoms with Crippen LogP contribution in [0.2, 0.25) is 10.0 Å². The summed E-state index contributed by atoms with van der Waals surface area (Å²) < 4.78 is 6.13. The maximum atomic E-state index is 12.8. The summed E-state index contributed by atoms with van der Waals surface area (Å²) in [5.74, 6) is 0.706. The molecule has 2 aromatic carbocycles. The number of hydrogen-bond donors (Lipinski definition) is 2. The zero-order chi connectivity index (χ0) is 22.9. The first kappa shape index (κ1) is 23.7. The number of phenols is 1. The van der Waals surface area contributed by atoms with Gasteiger partial charge in [0, 0.05) is 0 Å². The summed E-state index contributed by atoms with van der Waals surface area (Å²) in [7, 11) is 0. The molecule has 31 heavy (non-hydrogen) atoms. The average molecular weight is 464 g/mol. The minimum Gasteiger partial charge on any atom is -0.506 e. The number of hydrogen-bond acceptors (Lipinski definition) is 3. The van der Waals surface area contributed by atoms with E-state index < -0.39 is 6.10 Å². The molecule has 0 saturated heterocycles. The van der Waals surface area contributed by atoms with Gasteiger partial charge in [0.25, 0.3) is 5.91 Å². The molecule has 1 atom stereocenters. The lowest BCUT2D eigenvalue weighted by atomic mass is 9.84. The number of aromatic hydroxyl groups is 1. The number of benzene rings is 2. The van der Waals surface area contributed by atoms with E-state index in [-0.39, 0.29) is 32.8 Å². The van der Waals surface area contributed by atoms with Gasteiger partial charge in [-0.05, 0) is 66.8 Å². The van der Waals surface area contributed by atoms with Crippen molar-refractivity contribution in [3.8, 4) is 11.5 Å². The molecule has 168 valence electrons. The van der Waals surface area contributed by atoms with E-state index in [4.69, 9.17) is 27.9 Å². The zero-order valence-electron chi connectivity index (χ0n) is 18.8. The summed E-state index contributed by atoms with van der Waals surface area (Å²) in [5.41, 5.74) is 3.19. The Labute approximate surface area is 194 Å². The summed E-state index contributed by atoms with van der Waals surface area (Å²) >= 11 is 12.4. The van der Waals surface area contributed by atoms with Gasteiger partial charge in [-0.25, -0.2) is 0 Å². The van der Waals surface area contributed by atoms with Gasteiger partial charge in [-0.1, -0.05) is 68.9 Å². The first-order valence-corrected chi connectivity index (χ1v) is 11.5. The predicted octanol–water partition coefficient (Wildman–Crippen LogP) is 7.37. The van der Waals surface area contributed by atoms with Crippen LogP contribution in [0.1, 0.15) is 76.0 Å². The quantitative estimate of drug-likeness (QED) is 0.486. The van der Waals surface area contributed by atoms with E-state index in [1.54, 1.807) is 19.9 Å². The highest BCUT2D eigenvalue weighted by molar-refractivity contribution is 6.40. The molecule has 2 aromatic rings. The molecule has 0 aliphatic heterocycles. The van der Waals surface area contributed by atoms with Crippen molar-refractivity contribution in [1.82, 2.24) is 0 Å². The molecule has 1 fully saturated rings. The van der Waals surface area contributed by atoms with E-state index in [0.29, 0.717) is 11.5 Å². The maximum Gasteiger partial charge on any atom is 0.265 e. The number of carbonyl (C=O) groups excluding carboxylic acids is 1. The Bertz CT molecular complexity index is 976. The number of halogens is 2. The number of aryl methyl sites for hydroxylation is 1. The fourth-order valence-electron chi connectivity index (χ4n) is 3.99. The van der Waals surface area contributed by atoms with Crippen molar-refractivity contribution in [2.45, 2.75) is 77.7 Å². The molecule has 0 spiro atoms. The molecule has 0 aromatic heterocycles.